The largest absolute Gasteiger partial charge is 0.412 e. The molecule has 17 heavy (non-hydrogen) atoms. The molecular weight excluding hydrogens is 233 g/mol. The lowest BCUT2D eigenvalue weighted by Crippen LogP contribution is -2.42. The standard InChI is InChI=1S/C11H17F3N2O/c1-2-8(7-15)10(17)16-5-3-9(4-6-16)11(12,13)14/h3,8H,2,4-7,15H2,1H3. The van der Waals surface area contributed by atoms with Crippen LogP contribution >= 0.6 is 0 Å². The predicted molar refractivity (Wildman–Crippen MR) is 58.2 cm³/mol. The molecule has 98 valence electrons. The third-order valence-electron chi connectivity index (χ3n) is 3.01. The maximum absolute atomic E-state index is 12.4. The van der Waals surface area contributed by atoms with Crippen LogP contribution in [0.25, 0.3) is 0 Å². The van der Waals surface area contributed by atoms with E-state index < -0.39 is 11.7 Å². The Morgan fingerprint density at radius 2 is 2.24 bits per heavy atom. The second-order valence-electron chi connectivity index (χ2n) is 4.10. The first-order chi connectivity index (χ1) is 7.90. The van der Waals surface area contributed by atoms with Crippen molar-refractivity contribution < 1.29 is 18.0 Å². The third kappa shape index (κ3) is 3.46. The minimum absolute atomic E-state index is 0.0319. The molecule has 0 aromatic carbocycles. The van der Waals surface area contributed by atoms with E-state index in [1.165, 1.54) is 4.90 Å². The topological polar surface area (TPSA) is 46.3 Å². The van der Waals surface area contributed by atoms with Crippen molar-refractivity contribution in [1.29, 1.82) is 0 Å². The molecule has 0 saturated heterocycles. The number of alkyl halides is 3. The summed E-state index contributed by atoms with van der Waals surface area (Å²) in [5.74, 6) is -0.427. The highest BCUT2D eigenvalue weighted by Crippen LogP contribution is 2.30. The monoisotopic (exact) mass is 250 g/mol. The Morgan fingerprint density at radius 1 is 1.59 bits per heavy atom. The molecule has 2 N–H and O–H groups in total. The SMILES string of the molecule is CCC(CN)C(=O)N1CC=C(C(F)(F)F)CC1. The molecule has 1 rings (SSSR count). The predicted octanol–water partition coefficient (Wildman–Crippen LogP) is 1.69. The van der Waals surface area contributed by atoms with Crippen LogP contribution in [0, 0.1) is 5.92 Å². The highest BCUT2D eigenvalue weighted by atomic mass is 19.4. The molecule has 0 bridgehead atoms. The van der Waals surface area contributed by atoms with Gasteiger partial charge in [-0.1, -0.05) is 13.0 Å². The average Bonchev–Trinajstić information content (AvgIpc) is 2.29. The fourth-order valence-electron chi connectivity index (χ4n) is 1.83. The number of carbonyl (C=O) groups is 1. The molecule has 0 fully saturated rings. The lowest BCUT2D eigenvalue weighted by Gasteiger charge is -2.29. The maximum atomic E-state index is 12.4. The van der Waals surface area contributed by atoms with E-state index in [-0.39, 0.29) is 37.9 Å². The molecule has 0 spiro atoms. The van der Waals surface area contributed by atoms with Crippen molar-refractivity contribution in [2.24, 2.45) is 11.7 Å². The minimum Gasteiger partial charge on any atom is -0.338 e. The van der Waals surface area contributed by atoms with Gasteiger partial charge in [-0.2, -0.15) is 13.2 Å². The van der Waals surface area contributed by atoms with E-state index >= 15 is 0 Å². The van der Waals surface area contributed by atoms with Gasteiger partial charge < -0.3 is 10.6 Å². The molecule has 1 heterocycles. The molecule has 1 unspecified atom stereocenters. The number of nitrogens with zero attached hydrogens (tertiary/aromatic N) is 1. The Labute approximate surface area is 98.5 Å². The lowest BCUT2D eigenvalue weighted by molar-refractivity contribution is -0.136. The van der Waals surface area contributed by atoms with Crippen molar-refractivity contribution in [3.05, 3.63) is 11.6 Å². The zero-order valence-electron chi connectivity index (χ0n) is 9.76. The summed E-state index contributed by atoms with van der Waals surface area (Å²) in [5, 5.41) is 0. The van der Waals surface area contributed by atoms with Crippen LogP contribution in [0.4, 0.5) is 13.2 Å². The van der Waals surface area contributed by atoms with Crippen LogP contribution in [-0.4, -0.2) is 36.6 Å². The van der Waals surface area contributed by atoms with Gasteiger partial charge in [0.2, 0.25) is 5.91 Å². The van der Waals surface area contributed by atoms with E-state index in [1.807, 2.05) is 6.92 Å². The van der Waals surface area contributed by atoms with Crippen molar-refractivity contribution >= 4 is 5.91 Å². The molecule has 1 amide bonds. The molecule has 1 aliphatic rings. The van der Waals surface area contributed by atoms with E-state index in [0.29, 0.717) is 6.42 Å². The van der Waals surface area contributed by atoms with Crippen molar-refractivity contribution in [2.45, 2.75) is 25.9 Å². The molecule has 3 nitrogen and oxygen atoms in total. The number of amides is 1. The second kappa shape index (κ2) is 5.53. The molecule has 6 heteroatoms. The maximum Gasteiger partial charge on any atom is 0.412 e. The summed E-state index contributed by atoms with van der Waals surface area (Å²) < 4.78 is 37.1. The van der Waals surface area contributed by atoms with Gasteiger partial charge in [0.1, 0.15) is 0 Å². The average molecular weight is 250 g/mol. The Morgan fingerprint density at radius 3 is 2.59 bits per heavy atom. The van der Waals surface area contributed by atoms with Gasteiger partial charge >= 0.3 is 6.18 Å². The van der Waals surface area contributed by atoms with Crippen LogP contribution in [0.2, 0.25) is 0 Å². The molecule has 0 aromatic rings. The number of rotatable bonds is 3. The van der Waals surface area contributed by atoms with Crippen molar-refractivity contribution in [3.8, 4) is 0 Å². The van der Waals surface area contributed by atoms with Gasteiger partial charge in [-0.15, -0.1) is 0 Å². The van der Waals surface area contributed by atoms with Crippen LogP contribution in [-0.2, 0) is 4.79 Å². The Balaban J connectivity index is 2.63. The fourth-order valence-corrected chi connectivity index (χ4v) is 1.83. The Hall–Kier alpha value is -1.04. The molecule has 0 saturated carbocycles. The highest BCUT2D eigenvalue weighted by Gasteiger charge is 2.35. The summed E-state index contributed by atoms with van der Waals surface area (Å²) in [5.41, 5.74) is 4.91. The molecule has 1 aliphatic heterocycles. The lowest BCUT2D eigenvalue weighted by atomic mass is 10.0. The van der Waals surface area contributed by atoms with E-state index in [9.17, 15) is 18.0 Å². The number of hydrogen-bond donors (Lipinski definition) is 1. The van der Waals surface area contributed by atoms with Gasteiger partial charge in [0.15, 0.2) is 0 Å². The van der Waals surface area contributed by atoms with Gasteiger partial charge in [0, 0.05) is 25.2 Å². The normalized spacial score (nSPS) is 18.9. The van der Waals surface area contributed by atoms with E-state index in [0.717, 1.165) is 6.08 Å². The number of hydrogen-bond acceptors (Lipinski definition) is 2. The highest BCUT2D eigenvalue weighted by molar-refractivity contribution is 5.79. The van der Waals surface area contributed by atoms with Crippen LogP contribution < -0.4 is 5.73 Å². The van der Waals surface area contributed by atoms with Crippen LogP contribution in [0.5, 0.6) is 0 Å². The molecule has 0 radical (unpaired) electrons. The van der Waals surface area contributed by atoms with E-state index in [2.05, 4.69) is 0 Å². The Bertz CT molecular complexity index is 308. The van der Waals surface area contributed by atoms with Crippen LogP contribution in [0.1, 0.15) is 19.8 Å². The number of nitrogens with two attached hydrogens (primary N) is 1. The summed E-state index contributed by atoms with van der Waals surface area (Å²) in [6.45, 7) is 2.24. The van der Waals surface area contributed by atoms with Gasteiger partial charge in [0.05, 0.1) is 5.92 Å². The molecule has 0 aromatic heterocycles. The van der Waals surface area contributed by atoms with E-state index in [4.69, 9.17) is 5.73 Å². The van der Waals surface area contributed by atoms with Crippen LogP contribution in [0.3, 0.4) is 0 Å². The zero-order chi connectivity index (χ0) is 13.1. The third-order valence-corrected chi connectivity index (χ3v) is 3.01. The first-order valence-corrected chi connectivity index (χ1v) is 5.65. The summed E-state index contributed by atoms with van der Waals surface area (Å²) in [7, 11) is 0. The van der Waals surface area contributed by atoms with Gasteiger partial charge in [-0.25, -0.2) is 0 Å². The van der Waals surface area contributed by atoms with Crippen molar-refractivity contribution in [3.63, 3.8) is 0 Å². The quantitative estimate of drug-likeness (QED) is 0.775. The molecule has 1 atom stereocenters. The van der Waals surface area contributed by atoms with Gasteiger partial charge in [-0.3, -0.25) is 4.79 Å². The van der Waals surface area contributed by atoms with Crippen LogP contribution in [0.15, 0.2) is 11.6 Å². The van der Waals surface area contributed by atoms with Crippen molar-refractivity contribution in [2.75, 3.05) is 19.6 Å². The molecule has 0 aliphatic carbocycles. The minimum atomic E-state index is -4.27. The Kier molecular flexibility index (Phi) is 4.56. The summed E-state index contributed by atoms with van der Waals surface area (Å²) in [4.78, 5) is 13.3. The van der Waals surface area contributed by atoms with Gasteiger partial charge in [0.25, 0.3) is 0 Å². The number of carbonyl (C=O) groups excluding carboxylic acids is 1. The fraction of sp³-hybridized carbons (Fsp3) is 0.727. The first kappa shape index (κ1) is 14.0. The van der Waals surface area contributed by atoms with Crippen molar-refractivity contribution in [1.82, 2.24) is 4.90 Å². The smallest absolute Gasteiger partial charge is 0.338 e. The molecular formula is C11H17F3N2O. The first-order valence-electron chi connectivity index (χ1n) is 5.65. The van der Waals surface area contributed by atoms with Gasteiger partial charge in [-0.05, 0) is 12.8 Å². The summed E-state index contributed by atoms with van der Waals surface area (Å²) in [6, 6.07) is 0. The summed E-state index contributed by atoms with van der Waals surface area (Å²) in [6.07, 6.45) is -2.70. The summed E-state index contributed by atoms with van der Waals surface area (Å²) >= 11 is 0. The zero-order valence-corrected chi connectivity index (χ0v) is 9.76. The second-order valence-corrected chi connectivity index (χ2v) is 4.10. The van der Waals surface area contributed by atoms with E-state index in [1.54, 1.807) is 0 Å². The number of halogens is 3.